The van der Waals surface area contributed by atoms with Gasteiger partial charge in [0.25, 0.3) is 0 Å². The number of piperidine rings is 1. The lowest BCUT2D eigenvalue weighted by molar-refractivity contribution is 0.0974. The summed E-state index contributed by atoms with van der Waals surface area (Å²) in [5, 5.41) is 5.36. The Hall–Kier alpha value is -4.15. The van der Waals surface area contributed by atoms with Crippen LogP contribution in [0.4, 0.5) is 13.6 Å². The number of rotatable bonds is 7. The topological polar surface area (TPSA) is 71.8 Å². The number of pyridine rings is 1. The second-order valence-electron chi connectivity index (χ2n) is 11.6. The number of carbonyl (C=O) groups is 1. The van der Waals surface area contributed by atoms with E-state index < -0.39 is 0 Å². The average Bonchev–Trinajstić information content (AvgIpc) is 3.78. The van der Waals surface area contributed by atoms with E-state index in [0.29, 0.717) is 30.0 Å². The number of carbonyl (C=O) groups excluding carboxylic acids is 1. The Kier molecular flexibility index (Phi) is 7.63. The normalized spacial score (nSPS) is 17.7. The number of cyclic esters (lactones) is 1. The molecule has 5 aromatic rings. The maximum Gasteiger partial charge on any atom is 0.407 e. The summed E-state index contributed by atoms with van der Waals surface area (Å²) in [7, 11) is 0. The molecular formula is C34H33F2N5O2S. The van der Waals surface area contributed by atoms with Gasteiger partial charge < -0.3 is 10.1 Å². The molecule has 2 aliphatic heterocycles. The minimum atomic E-state index is -0.332. The lowest BCUT2D eigenvalue weighted by atomic mass is 9.90. The standard InChI is InChI=1S/C34H33F2N5O2S/c1-3-28-32(27-10-9-26(20(2)31(27)36)33-39-29(19-44-33)22-4-7-24(35)8-5-22)41-17-23(6-11-30(41)38-28)21-12-14-40(15-13-21)18-25-16-37-34(42)43-25/h4-11,17,19,21,25H,3,12-16,18H2,1-2H3,(H,37,42)/t25-/m1/s1. The molecule has 226 valence electrons. The largest absolute Gasteiger partial charge is 0.443 e. The zero-order chi connectivity index (χ0) is 30.4. The number of hydrogen-bond acceptors (Lipinski definition) is 6. The van der Waals surface area contributed by atoms with E-state index in [2.05, 4.69) is 26.9 Å². The van der Waals surface area contributed by atoms with Gasteiger partial charge in [0.2, 0.25) is 0 Å². The Bertz CT molecular complexity index is 1840. The highest BCUT2D eigenvalue weighted by atomic mass is 32.1. The van der Waals surface area contributed by atoms with Crippen LogP contribution in [-0.4, -0.2) is 57.6 Å². The number of thiazole rings is 1. The smallest absolute Gasteiger partial charge is 0.407 e. The highest BCUT2D eigenvalue weighted by Crippen LogP contribution is 2.37. The molecule has 44 heavy (non-hydrogen) atoms. The van der Waals surface area contributed by atoms with Crippen LogP contribution in [0.15, 0.2) is 60.1 Å². The minimum Gasteiger partial charge on any atom is -0.443 e. The molecule has 2 aromatic carbocycles. The molecule has 0 saturated carbocycles. The number of aromatic nitrogens is 3. The van der Waals surface area contributed by atoms with E-state index >= 15 is 4.39 Å². The molecule has 0 unspecified atom stereocenters. The molecule has 1 N–H and O–H groups in total. The van der Waals surface area contributed by atoms with Crippen molar-refractivity contribution < 1.29 is 18.3 Å². The van der Waals surface area contributed by atoms with Crippen molar-refractivity contribution in [2.75, 3.05) is 26.2 Å². The lowest BCUT2D eigenvalue weighted by Gasteiger charge is -2.33. The SMILES string of the molecule is CCc1nc2ccc(C3CCN(C[C@H]4CNC(=O)O4)CC3)cn2c1-c1ccc(-c2nc(-c3ccc(F)cc3)cs2)c(C)c1F. The molecule has 5 heterocycles. The summed E-state index contributed by atoms with van der Waals surface area (Å²) in [6.07, 6.45) is 4.40. The quantitative estimate of drug-likeness (QED) is 0.210. The van der Waals surface area contributed by atoms with Crippen molar-refractivity contribution in [1.82, 2.24) is 24.6 Å². The van der Waals surface area contributed by atoms with Crippen molar-refractivity contribution in [2.24, 2.45) is 0 Å². The summed E-state index contributed by atoms with van der Waals surface area (Å²) < 4.78 is 37.0. The number of amides is 1. The van der Waals surface area contributed by atoms with Crippen LogP contribution in [0.5, 0.6) is 0 Å². The maximum absolute atomic E-state index is 16.3. The molecule has 2 fully saturated rings. The fourth-order valence-corrected chi connectivity index (χ4v) is 7.32. The second-order valence-corrected chi connectivity index (χ2v) is 12.4. The fourth-order valence-electron chi connectivity index (χ4n) is 6.40. The molecular weight excluding hydrogens is 580 g/mol. The lowest BCUT2D eigenvalue weighted by Crippen LogP contribution is -2.39. The van der Waals surface area contributed by atoms with Crippen molar-refractivity contribution in [3.05, 3.63) is 88.6 Å². The molecule has 0 aliphatic carbocycles. The van der Waals surface area contributed by atoms with Crippen LogP contribution in [0.2, 0.25) is 0 Å². The number of nitrogens with one attached hydrogen (secondary N) is 1. The zero-order valence-electron chi connectivity index (χ0n) is 24.6. The Morgan fingerprint density at radius 2 is 1.80 bits per heavy atom. The number of ether oxygens (including phenoxy) is 1. The van der Waals surface area contributed by atoms with E-state index in [9.17, 15) is 9.18 Å². The fraction of sp³-hybridized carbons (Fsp3) is 0.324. The minimum absolute atomic E-state index is 0.0893. The Morgan fingerprint density at radius 1 is 1.02 bits per heavy atom. The third kappa shape index (κ3) is 5.37. The van der Waals surface area contributed by atoms with E-state index in [1.165, 1.54) is 29.0 Å². The van der Waals surface area contributed by atoms with Gasteiger partial charge in [-0.25, -0.2) is 23.5 Å². The second kappa shape index (κ2) is 11.7. The zero-order valence-corrected chi connectivity index (χ0v) is 25.5. The molecule has 7 rings (SSSR count). The van der Waals surface area contributed by atoms with Gasteiger partial charge in [-0.15, -0.1) is 11.3 Å². The van der Waals surface area contributed by atoms with Gasteiger partial charge >= 0.3 is 6.09 Å². The van der Waals surface area contributed by atoms with Gasteiger partial charge in [-0.1, -0.05) is 19.1 Å². The van der Waals surface area contributed by atoms with Crippen LogP contribution >= 0.6 is 11.3 Å². The van der Waals surface area contributed by atoms with Gasteiger partial charge in [-0.2, -0.15) is 0 Å². The molecule has 3 aromatic heterocycles. The summed E-state index contributed by atoms with van der Waals surface area (Å²) >= 11 is 1.45. The maximum atomic E-state index is 16.3. The van der Waals surface area contributed by atoms with Gasteiger partial charge in [-0.3, -0.25) is 9.30 Å². The van der Waals surface area contributed by atoms with E-state index in [4.69, 9.17) is 14.7 Å². The third-order valence-corrected chi connectivity index (χ3v) is 9.71. The highest BCUT2D eigenvalue weighted by Gasteiger charge is 2.28. The summed E-state index contributed by atoms with van der Waals surface area (Å²) in [6.45, 7) is 7.02. The molecule has 2 aliphatic rings. The number of fused-ring (bicyclic) bond motifs is 1. The third-order valence-electron chi connectivity index (χ3n) is 8.83. The Labute approximate surface area is 258 Å². The molecule has 1 atom stereocenters. The number of aryl methyl sites for hydroxylation is 1. The first-order chi connectivity index (χ1) is 21.4. The number of hydrogen-bond donors (Lipinski definition) is 1. The number of benzene rings is 2. The van der Waals surface area contributed by atoms with Gasteiger partial charge in [0.05, 0.1) is 23.6 Å². The molecule has 0 radical (unpaired) electrons. The predicted octanol–water partition coefficient (Wildman–Crippen LogP) is 7.23. The van der Waals surface area contributed by atoms with E-state index in [1.807, 2.05) is 30.5 Å². The van der Waals surface area contributed by atoms with Crippen LogP contribution in [0.25, 0.3) is 38.7 Å². The van der Waals surface area contributed by atoms with Gasteiger partial charge in [0.1, 0.15) is 28.4 Å². The van der Waals surface area contributed by atoms with Crippen molar-refractivity contribution >= 4 is 23.1 Å². The monoisotopic (exact) mass is 613 g/mol. The molecule has 0 bridgehead atoms. The van der Waals surface area contributed by atoms with Gasteiger partial charge in [0, 0.05) is 34.8 Å². The first-order valence-electron chi connectivity index (χ1n) is 15.1. The molecule has 7 nitrogen and oxygen atoms in total. The van der Waals surface area contributed by atoms with Crippen LogP contribution in [0.3, 0.4) is 0 Å². The predicted molar refractivity (Wildman–Crippen MR) is 168 cm³/mol. The Morgan fingerprint density at radius 3 is 2.52 bits per heavy atom. The number of imidazole rings is 1. The molecule has 10 heteroatoms. The average molecular weight is 614 g/mol. The highest BCUT2D eigenvalue weighted by molar-refractivity contribution is 7.13. The van der Waals surface area contributed by atoms with Crippen molar-refractivity contribution in [1.29, 1.82) is 0 Å². The number of likely N-dealkylation sites (tertiary alicyclic amines) is 1. The molecule has 1 amide bonds. The summed E-state index contributed by atoms with van der Waals surface area (Å²) in [5.41, 5.74) is 7.03. The van der Waals surface area contributed by atoms with Crippen LogP contribution in [0, 0.1) is 18.6 Å². The molecule has 2 saturated heterocycles. The molecule has 0 spiro atoms. The van der Waals surface area contributed by atoms with E-state index in [1.54, 1.807) is 19.1 Å². The number of halogens is 2. The first-order valence-corrected chi connectivity index (χ1v) is 15.9. The summed E-state index contributed by atoms with van der Waals surface area (Å²) in [6, 6.07) is 14.2. The summed E-state index contributed by atoms with van der Waals surface area (Å²) in [5.74, 6) is -0.190. The Balaban J connectivity index is 1.16. The first kappa shape index (κ1) is 28.6. The van der Waals surface area contributed by atoms with Gasteiger partial charge in [0.15, 0.2) is 0 Å². The van der Waals surface area contributed by atoms with Crippen LogP contribution < -0.4 is 5.32 Å². The summed E-state index contributed by atoms with van der Waals surface area (Å²) in [4.78, 5) is 23.4. The van der Waals surface area contributed by atoms with E-state index in [0.717, 1.165) is 71.3 Å². The number of nitrogens with zero attached hydrogens (tertiary/aromatic N) is 4. The van der Waals surface area contributed by atoms with Crippen LogP contribution in [-0.2, 0) is 11.2 Å². The van der Waals surface area contributed by atoms with Crippen molar-refractivity contribution in [3.63, 3.8) is 0 Å². The van der Waals surface area contributed by atoms with Crippen molar-refractivity contribution in [3.8, 4) is 33.1 Å². The van der Waals surface area contributed by atoms with Crippen molar-refractivity contribution in [2.45, 2.75) is 45.1 Å². The van der Waals surface area contributed by atoms with E-state index in [-0.39, 0.29) is 23.8 Å². The number of alkyl carbamates (subject to hydrolysis) is 1. The van der Waals surface area contributed by atoms with Gasteiger partial charge in [-0.05, 0) is 92.7 Å². The van der Waals surface area contributed by atoms with Crippen LogP contribution in [0.1, 0.15) is 42.5 Å².